The molecule has 2 aromatic rings. The van der Waals surface area contributed by atoms with E-state index in [1.165, 1.54) is 11.3 Å². The molecule has 1 aliphatic carbocycles. The molecule has 0 bridgehead atoms. The second-order valence-electron chi connectivity index (χ2n) is 3.56. The van der Waals surface area contributed by atoms with Crippen LogP contribution in [-0.2, 0) is 12.8 Å². The van der Waals surface area contributed by atoms with Gasteiger partial charge < -0.3 is 4.98 Å². The minimum atomic E-state index is 0.694. The summed E-state index contributed by atoms with van der Waals surface area (Å²) < 4.78 is 0.694. The summed E-state index contributed by atoms with van der Waals surface area (Å²) in [5.41, 5.74) is 3.10. The van der Waals surface area contributed by atoms with Crippen LogP contribution in [0.15, 0.2) is 6.20 Å². The lowest BCUT2D eigenvalue weighted by Gasteiger charge is -2.02. The van der Waals surface area contributed by atoms with Crippen LogP contribution in [0.25, 0.3) is 11.5 Å². The smallest absolute Gasteiger partial charge is 0.161 e. The number of hydrogen-bond donors (Lipinski definition) is 2. The Bertz CT molecular complexity index is 542. The lowest BCUT2D eigenvalue weighted by Crippen LogP contribution is -1.97. The fourth-order valence-corrected chi connectivity index (χ4v) is 2.21. The van der Waals surface area contributed by atoms with Crippen molar-refractivity contribution in [3.63, 3.8) is 0 Å². The number of hydrogen-bond acceptors (Lipinski definition) is 4. The van der Waals surface area contributed by atoms with Crippen molar-refractivity contribution in [1.82, 2.24) is 25.4 Å². The fraction of sp³-hybridized carbons (Fsp3) is 0.333. The van der Waals surface area contributed by atoms with E-state index in [1.54, 1.807) is 6.20 Å². The van der Waals surface area contributed by atoms with Gasteiger partial charge in [-0.15, -0.1) is 0 Å². The molecule has 76 valence electrons. The second kappa shape index (κ2) is 3.23. The molecule has 0 saturated heterocycles. The van der Waals surface area contributed by atoms with Crippen LogP contribution >= 0.6 is 12.2 Å². The van der Waals surface area contributed by atoms with Crippen LogP contribution in [0.3, 0.4) is 0 Å². The first-order valence-electron chi connectivity index (χ1n) is 4.83. The van der Waals surface area contributed by atoms with E-state index in [0.717, 1.165) is 19.3 Å². The highest BCUT2D eigenvalue weighted by Gasteiger charge is 2.15. The molecule has 6 heteroatoms. The second-order valence-corrected chi connectivity index (χ2v) is 3.94. The molecule has 0 atom stereocenters. The summed E-state index contributed by atoms with van der Waals surface area (Å²) >= 11 is 5.25. The third kappa shape index (κ3) is 1.37. The Morgan fingerprint density at radius 3 is 3.07 bits per heavy atom. The predicted octanol–water partition coefficient (Wildman–Crippen LogP) is 1.41. The molecule has 0 aliphatic heterocycles. The SMILES string of the molecule is S=c1nc(-c2cn[nH]n2)[nH]c2c1CCC2. The lowest BCUT2D eigenvalue weighted by molar-refractivity contribution is 0.898. The number of aromatic nitrogens is 5. The summed E-state index contributed by atoms with van der Waals surface area (Å²) in [5, 5.41) is 10.3. The van der Waals surface area contributed by atoms with E-state index < -0.39 is 0 Å². The summed E-state index contributed by atoms with van der Waals surface area (Å²) in [7, 11) is 0. The van der Waals surface area contributed by atoms with Crippen LogP contribution in [0, 0.1) is 4.64 Å². The van der Waals surface area contributed by atoms with Crippen molar-refractivity contribution in [3.05, 3.63) is 22.1 Å². The Hall–Kier alpha value is -1.56. The summed E-state index contributed by atoms with van der Waals surface area (Å²) in [6.07, 6.45) is 4.87. The van der Waals surface area contributed by atoms with Gasteiger partial charge in [-0.05, 0) is 19.3 Å². The number of aryl methyl sites for hydroxylation is 1. The molecule has 0 fully saturated rings. The topological polar surface area (TPSA) is 70.2 Å². The minimum Gasteiger partial charge on any atom is -0.341 e. The van der Waals surface area contributed by atoms with Gasteiger partial charge in [0.15, 0.2) is 5.82 Å². The monoisotopic (exact) mass is 219 g/mol. The maximum Gasteiger partial charge on any atom is 0.161 e. The zero-order valence-electron chi connectivity index (χ0n) is 7.95. The minimum absolute atomic E-state index is 0.694. The Morgan fingerprint density at radius 1 is 1.33 bits per heavy atom. The molecule has 2 heterocycles. The number of rotatable bonds is 1. The van der Waals surface area contributed by atoms with Gasteiger partial charge in [0.25, 0.3) is 0 Å². The quantitative estimate of drug-likeness (QED) is 0.711. The molecule has 0 spiro atoms. The predicted molar refractivity (Wildman–Crippen MR) is 56.8 cm³/mol. The molecule has 5 nitrogen and oxygen atoms in total. The van der Waals surface area contributed by atoms with E-state index in [4.69, 9.17) is 12.2 Å². The fourth-order valence-electron chi connectivity index (χ4n) is 1.89. The molecule has 2 N–H and O–H groups in total. The highest BCUT2D eigenvalue weighted by molar-refractivity contribution is 7.71. The average molecular weight is 219 g/mol. The first-order chi connectivity index (χ1) is 7.34. The lowest BCUT2D eigenvalue weighted by atomic mass is 10.2. The van der Waals surface area contributed by atoms with Gasteiger partial charge in [0.05, 0.1) is 6.20 Å². The van der Waals surface area contributed by atoms with Crippen LogP contribution in [0.5, 0.6) is 0 Å². The van der Waals surface area contributed by atoms with E-state index in [2.05, 4.69) is 25.4 Å². The van der Waals surface area contributed by atoms with Gasteiger partial charge in [0.2, 0.25) is 0 Å². The average Bonchev–Trinajstić information content (AvgIpc) is 2.88. The molecule has 2 aromatic heterocycles. The molecule has 0 unspecified atom stereocenters. The maximum absolute atomic E-state index is 5.25. The van der Waals surface area contributed by atoms with Gasteiger partial charge in [-0.3, -0.25) is 0 Å². The molecule has 0 saturated carbocycles. The number of H-pyrrole nitrogens is 2. The number of fused-ring (bicyclic) bond motifs is 1. The van der Waals surface area contributed by atoms with Crippen molar-refractivity contribution in [2.45, 2.75) is 19.3 Å². The van der Waals surface area contributed by atoms with Gasteiger partial charge in [-0.25, -0.2) is 4.98 Å². The zero-order chi connectivity index (χ0) is 10.3. The Kier molecular flexibility index (Phi) is 1.88. The van der Waals surface area contributed by atoms with Gasteiger partial charge in [0, 0.05) is 11.3 Å². The highest BCUT2D eigenvalue weighted by atomic mass is 32.1. The van der Waals surface area contributed by atoms with Gasteiger partial charge in [-0.1, -0.05) is 12.2 Å². The van der Waals surface area contributed by atoms with Gasteiger partial charge in [-0.2, -0.15) is 15.4 Å². The summed E-state index contributed by atoms with van der Waals surface area (Å²) in [5.74, 6) is 0.703. The van der Waals surface area contributed by atoms with Crippen LogP contribution in [0.2, 0.25) is 0 Å². The van der Waals surface area contributed by atoms with Crippen LogP contribution in [0.1, 0.15) is 17.7 Å². The summed E-state index contributed by atoms with van der Waals surface area (Å²) in [6.45, 7) is 0. The highest BCUT2D eigenvalue weighted by Crippen LogP contribution is 2.22. The molecular formula is C9H9N5S. The van der Waals surface area contributed by atoms with Crippen molar-refractivity contribution < 1.29 is 0 Å². The molecule has 3 rings (SSSR count). The molecule has 0 radical (unpaired) electrons. The zero-order valence-corrected chi connectivity index (χ0v) is 8.77. The van der Waals surface area contributed by atoms with E-state index in [1.807, 2.05) is 0 Å². The normalized spacial score (nSPS) is 14.1. The largest absolute Gasteiger partial charge is 0.341 e. The summed E-state index contributed by atoms with van der Waals surface area (Å²) in [6, 6.07) is 0. The Labute approximate surface area is 91.0 Å². The van der Waals surface area contributed by atoms with Crippen LogP contribution < -0.4 is 0 Å². The molecule has 15 heavy (non-hydrogen) atoms. The molecule has 0 aromatic carbocycles. The van der Waals surface area contributed by atoms with E-state index in [9.17, 15) is 0 Å². The Morgan fingerprint density at radius 2 is 2.27 bits per heavy atom. The molecule has 0 amide bonds. The van der Waals surface area contributed by atoms with E-state index >= 15 is 0 Å². The number of aromatic amines is 2. The number of nitrogens with zero attached hydrogens (tertiary/aromatic N) is 3. The van der Waals surface area contributed by atoms with Crippen molar-refractivity contribution in [3.8, 4) is 11.5 Å². The molecule has 1 aliphatic rings. The van der Waals surface area contributed by atoms with Crippen LogP contribution in [0.4, 0.5) is 0 Å². The van der Waals surface area contributed by atoms with Crippen molar-refractivity contribution in [2.24, 2.45) is 0 Å². The van der Waals surface area contributed by atoms with Crippen molar-refractivity contribution >= 4 is 12.2 Å². The standard InChI is InChI=1S/C9H9N5S/c15-9-5-2-1-3-6(5)11-8(12-9)7-4-10-14-13-7/h4H,1-3H2,(H,10,13,14)(H,11,12,15). The third-order valence-electron chi connectivity index (χ3n) is 2.62. The first-order valence-corrected chi connectivity index (χ1v) is 5.23. The first kappa shape index (κ1) is 8.72. The summed E-state index contributed by atoms with van der Waals surface area (Å²) in [4.78, 5) is 7.59. The van der Waals surface area contributed by atoms with Crippen molar-refractivity contribution in [2.75, 3.05) is 0 Å². The maximum atomic E-state index is 5.25. The van der Waals surface area contributed by atoms with Gasteiger partial charge in [0.1, 0.15) is 10.3 Å². The Balaban J connectivity index is 2.20. The molecular weight excluding hydrogens is 210 g/mol. The number of nitrogens with one attached hydrogen (secondary N) is 2. The van der Waals surface area contributed by atoms with Crippen LogP contribution in [-0.4, -0.2) is 25.4 Å². The third-order valence-corrected chi connectivity index (χ3v) is 2.95. The van der Waals surface area contributed by atoms with E-state index in [-0.39, 0.29) is 0 Å². The van der Waals surface area contributed by atoms with Crippen molar-refractivity contribution in [1.29, 1.82) is 0 Å². The van der Waals surface area contributed by atoms with Gasteiger partial charge >= 0.3 is 0 Å². The van der Waals surface area contributed by atoms with E-state index in [0.29, 0.717) is 16.2 Å².